The number of hydrogen-bond donors (Lipinski definition) is 0. The van der Waals surface area contributed by atoms with Gasteiger partial charge in [0.2, 0.25) is 0 Å². The van der Waals surface area contributed by atoms with Crippen molar-refractivity contribution in [3.05, 3.63) is 41.9 Å². The molecule has 0 spiro atoms. The normalized spacial score (nSPS) is 9.81. The van der Waals surface area contributed by atoms with Crippen LogP contribution >= 0.6 is 11.6 Å². The Labute approximate surface area is 129 Å². The Morgan fingerprint density at radius 2 is 2.24 bits per heavy atom. The van der Waals surface area contributed by atoms with E-state index < -0.39 is 0 Å². The summed E-state index contributed by atoms with van der Waals surface area (Å²) in [6.07, 6.45) is 7.04. The van der Waals surface area contributed by atoms with Crippen molar-refractivity contribution >= 4 is 11.6 Å². The van der Waals surface area contributed by atoms with E-state index in [0.717, 1.165) is 18.6 Å². The summed E-state index contributed by atoms with van der Waals surface area (Å²) in [4.78, 5) is 3.96. The van der Waals surface area contributed by atoms with Gasteiger partial charge in [-0.1, -0.05) is 17.5 Å². The number of methoxy groups -OCH3 is 1. The molecule has 1 aromatic carbocycles. The number of unbranched alkanes of at least 4 members (excludes halogenated alkanes) is 1. The van der Waals surface area contributed by atoms with Gasteiger partial charge in [0.1, 0.15) is 11.5 Å². The molecule has 0 atom stereocenters. The number of benzene rings is 1. The third-order valence-corrected chi connectivity index (χ3v) is 3.08. The molecule has 0 N–H and O–H groups in total. The van der Waals surface area contributed by atoms with Crippen LogP contribution in [0.15, 0.2) is 36.9 Å². The van der Waals surface area contributed by atoms with Gasteiger partial charge >= 0.3 is 0 Å². The number of nitrogens with zero attached hydrogens (tertiary/aromatic N) is 2. The van der Waals surface area contributed by atoms with Gasteiger partial charge in [-0.3, -0.25) is 0 Å². The topological polar surface area (TPSA) is 36.3 Å². The van der Waals surface area contributed by atoms with Gasteiger partial charge in [0.25, 0.3) is 0 Å². The maximum absolute atomic E-state index is 6.09. The summed E-state index contributed by atoms with van der Waals surface area (Å²) in [5, 5.41) is 0.556. The fraction of sp³-hybridized carbons (Fsp3) is 0.312. The van der Waals surface area contributed by atoms with Crippen molar-refractivity contribution in [3.63, 3.8) is 0 Å². The second-order valence-corrected chi connectivity index (χ2v) is 4.74. The van der Waals surface area contributed by atoms with Gasteiger partial charge in [0.05, 0.1) is 31.6 Å². The zero-order valence-electron chi connectivity index (χ0n) is 11.9. The third-order valence-electron chi connectivity index (χ3n) is 2.79. The van der Waals surface area contributed by atoms with E-state index in [9.17, 15) is 0 Å². The van der Waals surface area contributed by atoms with E-state index in [1.807, 2.05) is 22.9 Å². The van der Waals surface area contributed by atoms with Crippen LogP contribution < -0.4 is 9.47 Å². The molecule has 0 fully saturated rings. The van der Waals surface area contributed by atoms with Crippen molar-refractivity contribution in [1.29, 1.82) is 0 Å². The highest BCUT2D eigenvalue weighted by Gasteiger charge is 2.02. The van der Waals surface area contributed by atoms with Crippen LogP contribution in [0.1, 0.15) is 12.8 Å². The zero-order chi connectivity index (χ0) is 14.9. The zero-order valence-corrected chi connectivity index (χ0v) is 12.6. The first-order valence-electron chi connectivity index (χ1n) is 6.67. The molecule has 5 heteroatoms. The van der Waals surface area contributed by atoms with E-state index in [-0.39, 0.29) is 0 Å². The molecular weight excluding hydrogens is 288 g/mol. The lowest BCUT2D eigenvalue weighted by atomic mass is 10.3. The fourth-order valence-electron chi connectivity index (χ4n) is 1.68. The molecular formula is C16H17ClN2O2. The van der Waals surface area contributed by atoms with Crippen LogP contribution in [0, 0.1) is 11.8 Å². The number of ether oxygens (including phenoxy) is 2. The summed E-state index contributed by atoms with van der Waals surface area (Å²) in [6.45, 7) is 1.26. The van der Waals surface area contributed by atoms with E-state index in [1.54, 1.807) is 25.7 Å². The first kappa shape index (κ1) is 15.3. The Balaban J connectivity index is 1.67. The van der Waals surface area contributed by atoms with Gasteiger partial charge in [0, 0.05) is 24.9 Å². The Hall–Kier alpha value is -2.12. The van der Waals surface area contributed by atoms with Gasteiger partial charge in [-0.25, -0.2) is 4.98 Å². The van der Waals surface area contributed by atoms with Gasteiger partial charge < -0.3 is 14.0 Å². The highest BCUT2D eigenvalue weighted by molar-refractivity contribution is 6.32. The molecule has 2 rings (SSSR count). The summed E-state index contributed by atoms with van der Waals surface area (Å²) in [5.41, 5.74) is 0. The monoisotopic (exact) mass is 304 g/mol. The molecule has 0 aliphatic heterocycles. The van der Waals surface area contributed by atoms with E-state index in [1.165, 1.54) is 0 Å². The molecule has 0 aliphatic carbocycles. The summed E-state index contributed by atoms with van der Waals surface area (Å²) in [6, 6.07) is 5.37. The van der Waals surface area contributed by atoms with Crippen molar-refractivity contribution in [3.8, 4) is 23.3 Å². The standard InChI is InChI=1S/C16H17ClN2O2/c1-20-14-6-7-16(15(17)12-14)21-11-5-3-2-4-9-19-10-8-18-13-19/h6-8,10,12-13H,3,5,9,11H2,1H3. The maximum atomic E-state index is 6.09. The molecule has 0 amide bonds. The highest BCUT2D eigenvalue weighted by Crippen LogP contribution is 2.28. The SMILES string of the molecule is COc1ccc(OCCCC#CCn2ccnc2)c(Cl)c1. The van der Waals surface area contributed by atoms with Crippen LogP contribution in [0.5, 0.6) is 11.5 Å². The van der Waals surface area contributed by atoms with Crippen LogP contribution in [0.2, 0.25) is 5.02 Å². The minimum absolute atomic E-state index is 0.556. The number of rotatable bonds is 6. The van der Waals surface area contributed by atoms with Crippen LogP contribution in [-0.4, -0.2) is 23.3 Å². The van der Waals surface area contributed by atoms with Crippen molar-refractivity contribution in [2.45, 2.75) is 19.4 Å². The number of halogens is 1. The maximum Gasteiger partial charge on any atom is 0.138 e. The molecule has 0 aliphatic rings. The lowest BCUT2D eigenvalue weighted by Crippen LogP contribution is -1.97. The van der Waals surface area contributed by atoms with Crippen LogP contribution in [0.3, 0.4) is 0 Å². The molecule has 2 aromatic rings. The average molecular weight is 305 g/mol. The average Bonchev–Trinajstić information content (AvgIpc) is 3.01. The molecule has 1 heterocycles. The summed E-state index contributed by atoms with van der Waals surface area (Å²) in [5.74, 6) is 7.59. The molecule has 21 heavy (non-hydrogen) atoms. The Bertz CT molecular complexity index is 615. The summed E-state index contributed by atoms with van der Waals surface area (Å²) < 4.78 is 12.6. The number of hydrogen-bond acceptors (Lipinski definition) is 3. The lowest BCUT2D eigenvalue weighted by Gasteiger charge is -2.08. The molecule has 0 unspecified atom stereocenters. The van der Waals surface area contributed by atoms with Gasteiger partial charge in [0.15, 0.2) is 0 Å². The van der Waals surface area contributed by atoms with Crippen LogP contribution in [0.4, 0.5) is 0 Å². The van der Waals surface area contributed by atoms with Crippen molar-refractivity contribution < 1.29 is 9.47 Å². The molecule has 0 saturated carbocycles. The van der Waals surface area contributed by atoms with Crippen LogP contribution in [-0.2, 0) is 6.54 Å². The largest absolute Gasteiger partial charge is 0.497 e. The van der Waals surface area contributed by atoms with Crippen molar-refractivity contribution in [1.82, 2.24) is 9.55 Å². The minimum Gasteiger partial charge on any atom is -0.497 e. The first-order chi connectivity index (χ1) is 10.3. The molecule has 1 aromatic heterocycles. The fourth-order valence-corrected chi connectivity index (χ4v) is 1.91. The second kappa shape index (κ2) is 8.23. The van der Waals surface area contributed by atoms with Crippen molar-refractivity contribution in [2.24, 2.45) is 0 Å². The molecule has 0 radical (unpaired) electrons. The van der Waals surface area contributed by atoms with Gasteiger partial charge in [-0.2, -0.15) is 0 Å². The molecule has 4 nitrogen and oxygen atoms in total. The lowest BCUT2D eigenvalue weighted by molar-refractivity contribution is 0.312. The molecule has 110 valence electrons. The van der Waals surface area contributed by atoms with Gasteiger partial charge in [-0.15, -0.1) is 5.92 Å². The number of imidazole rings is 1. The molecule has 0 bridgehead atoms. The Morgan fingerprint density at radius 3 is 2.95 bits per heavy atom. The van der Waals surface area contributed by atoms with Crippen LogP contribution in [0.25, 0.3) is 0 Å². The smallest absolute Gasteiger partial charge is 0.138 e. The third kappa shape index (κ3) is 5.05. The predicted molar refractivity (Wildman–Crippen MR) is 82.7 cm³/mol. The van der Waals surface area contributed by atoms with Gasteiger partial charge in [-0.05, 0) is 18.6 Å². The van der Waals surface area contributed by atoms with E-state index >= 15 is 0 Å². The first-order valence-corrected chi connectivity index (χ1v) is 7.05. The van der Waals surface area contributed by atoms with E-state index in [0.29, 0.717) is 23.9 Å². The highest BCUT2D eigenvalue weighted by atomic mass is 35.5. The quantitative estimate of drug-likeness (QED) is 0.606. The second-order valence-electron chi connectivity index (χ2n) is 4.34. The summed E-state index contributed by atoms with van der Waals surface area (Å²) >= 11 is 6.09. The van der Waals surface area contributed by atoms with E-state index in [4.69, 9.17) is 21.1 Å². The predicted octanol–water partition coefficient (Wildman–Crippen LogP) is 3.41. The number of aromatic nitrogens is 2. The van der Waals surface area contributed by atoms with Crippen molar-refractivity contribution in [2.75, 3.05) is 13.7 Å². The Morgan fingerprint density at radius 1 is 1.33 bits per heavy atom. The minimum atomic E-state index is 0.556. The summed E-state index contributed by atoms with van der Waals surface area (Å²) in [7, 11) is 1.61. The molecule has 0 saturated heterocycles. The van der Waals surface area contributed by atoms with E-state index in [2.05, 4.69) is 16.8 Å². The Kier molecular flexibility index (Phi) is 5.99.